The van der Waals surface area contributed by atoms with E-state index in [9.17, 15) is 5.11 Å². The first-order valence-corrected chi connectivity index (χ1v) is 10.2. The fourth-order valence-corrected chi connectivity index (χ4v) is 4.84. The van der Waals surface area contributed by atoms with Gasteiger partial charge in [0.1, 0.15) is 18.2 Å². The maximum Gasteiger partial charge on any atom is 0.200 e. The minimum absolute atomic E-state index is 0.202. The number of pyridine rings is 1. The molecule has 3 aromatic heterocycles. The lowest BCUT2D eigenvalue weighted by atomic mass is 9.78. The molecular formula is C21H26N6O2. The molecule has 29 heavy (non-hydrogen) atoms. The molecule has 5 rings (SSSR count). The Kier molecular flexibility index (Phi) is 4.38. The van der Waals surface area contributed by atoms with Gasteiger partial charge in [0.15, 0.2) is 0 Å². The summed E-state index contributed by atoms with van der Waals surface area (Å²) >= 11 is 0. The molecule has 1 saturated carbocycles. The van der Waals surface area contributed by atoms with Crippen LogP contribution in [0.1, 0.15) is 29.9 Å². The summed E-state index contributed by atoms with van der Waals surface area (Å²) in [7, 11) is 0. The highest BCUT2D eigenvalue weighted by Gasteiger charge is 2.43. The molecule has 0 bridgehead atoms. The van der Waals surface area contributed by atoms with E-state index in [1.165, 1.54) is 0 Å². The number of aryl methyl sites for hydroxylation is 3. The van der Waals surface area contributed by atoms with Gasteiger partial charge >= 0.3 is 0 Å². The number of aliphatic hydroxyl groups is 1. The average molecular weight is 394 g/mol. The second kappa shape index (κ2) is 6.95. The lowest BCUT2D eigenvalue weighted by Crippen LogP contribution is -2.42. The molecule has 1 aliphatic heterocycles. The van der Waals surface area contributed by atoms with Crippen molar-refractivity contribution in [3.8, 4) is 5.75 Å². The molecule has 2 aliphatic rings. The van der Waals surface area contributed by atoms with Crippen molar-refractivity contribution in [3.05, 3.63) is 41.6 Å². The minimum Gasteiger partial charge on any atom is -0.486 e. The van der Waals surface area contributed by atoms with E-state index in [1.54, 1.807) is 10.8 Å². The predicted molar refractivity (Wildman–Crippen MR) is 108 cm³/mol. The van der Waals surface area contributed by atoms with Crippen LogP contribution in [0.2, 0.25) is 0 Å². The number of nitrogens with zero attached hydrogens (tertiary/aromatic N) is 6. The highest BCUT2D eigenvalue weighted by Crippen LogP contribution is 2.40. The summed E-state index contributed by atoms with van der Waals surface area (Å²) in [6.45, 7) is 7.74. The summed E-state index contributed by atoms with van der Waals surface area (Å²) in [6, 6.07) is 5.99. The van der Waals surface area contributed by atoms with Gasteiger partial charge in [0, 0.05) is 18.8 Å². The normalized spacial score (nSPS) is 26.7. The van der Waals surface area contributed by atoms with Crippen molar-refractivity contribution >= 4 is 11.3 Å². The van der Waals surface area contributed by atoms with Crippen molar-refractivity contribution in [2.45, 2.75) is 45.8 Å². The van der Waals surface area contributed by atoms with Crippen LogP contribution >= 0.6 is 0 Å². The van der Waals surface area contributed by atoms with E-state index in [4.69, 9.17) is 4.74 Å². The maximum absolute atomic E-state index is 10.8. The molecule has 8 nitrogen and oxygen atoms in total. The maximum atomic E-state index is 10.8. The van der Waals surface area contributed by atoms with Crippen molar-refractivity contribution in [2.24, 2.45) is 11.8 Å². The summed E-state index contributed by atoms with van der Waals surface area (Å²) in [4.78, 5) is 6.84. The molecular weight excluding hydrogens is 368 g/mol. The lowest BCUT2D eigenvalue weighted by Gasteiger charge is -2.35. The van der Waals surface area contributed by atoms with Gasteiger partial charge in [-0.25, -0.2) is 0 Å². The third-order valence-corrected chi connectivity index (χ3v) is 6.25. The van der Waals surface area contributed by atoms with Crippen LogP contribution < -0.4 is 9.64 Å². The summed E-state index contributed by atoms with van der Waals surface area (Å²) < 4.78 is 7.95. The summed E-state index contributed by atoms with van der Waals surface area (Å²) in [5, 5.41) is 23.5. The van der Waals surface area contributed by atoms with Crippen LogP contribution in [0, 0.1) is 32.6 Å². The number of ether oxygens (including phenoxy) is 1. The topological polar surface area (TPSA) is 88.7 Å². The third-order valence-electron chi connectivity index (χ3n) is 6.25. The van der Waals surface area contributed by atoms with Crippen molar-refractivity contribution in [1.29, 1.82) is 0 Å². The molecule has 1 aliphatic carbocycles. The number of hydrogen-bond donors (Lipinski definition) is 1. The minimum atomic E-state index is -0.468. The standard InChI is InChI=1S/C21H26N6O2/c1-12-4-5-19(14(3)23-12)29-20-8-16-10-26(9-15(16)7-18(20)28)17-6-13(2)25-27-11-22-24-21(17)27/h4-6,11,15-16,18,20,28H,7-10H2,1-3H3/t15-,16+,18+,20+/m0/s1. The van der Waals surface area contributed by atoms with Gasteiger partial charge in [-0.1, -0.05) is 0 Å². The fourth-order valence-electron chi connectivity index (χ4n) is 4.84. The molecule has 0 aromatic carbocycles. The Morgan fingerprint density at radius 1 is 1.07 bits per heavy atom. The molecule has 4 atom stereocenters. The largest absolute Gasteiger partial charge is 0.486 e. The SMILES string of the molecule is Cc1ccc(O[C@@H]2C[C@@H]3CN(c4cc(C)nn5cnnc45)C[C@@H]3C[C@H]2O)c(C)n1. The molecule has 1 N–H and O–H groups in total. The van der Waals surface area contributed by atoms with Gasteiger partial charge in [0.05, 0.1) is 23.2 Å². The van der Waals surface area contributed by atoms with Gasteiger partial charge in [0.2, 0.25) is 5.65 Å². The van der Waals surface area contributed by atoms with Crippen LogP contribution in [0.3, 0.4) is 0 Å². The fraction of sp³-hybridized carbons (Fsp3) is 0.524. The van der Waals surface area contributed by atoms with E-state index < -0.39 is 6.10 Å². The first-order valence-electron chi connectivity index (χ1n) is 10.2. The van der Waals surface area contributed by atoms with Gasteiger partial charge < -0.3 is 14.7 Å². The predicted octanol–water partition coefficient (Wildman–Crippen LogP) is 2.10. The van der Waals surface area contributed by atoms with Gasteiger partial charge in [-0.2, -0.15) is 9.61 Å². The Morgan fingerprint density at radius 3 is 2.66 bits per heavy atom. The first-order chi connectivity index (χ1) is 14.0. The van der Waals surface area contributed by atoms with Gasteiger partial charge in [0.25, 0.3) is 0 Å². The van der Waals surface area contributed by atoms with E-state index in [0.717, 1.165) is 60.1 Å². The second-order valence-electron chi connectivity index (χ2n) is 8.43. The summed E-state index contributed by atoms with van der Waals surface area (Å²) in [5.41, 5.74) is 4.62. The van der Waals surface area contributed by atoms with Crippen molar-refractivity contribution < 1.29 is 9.84 Å². The Balaban J connectivity index is 1.35. The van der Waals surface area contributed by atoms with Crippen LogP contribution in [0.15, 0.2) is 24.5 Å². The van der Waals surface area contributed by atoms with Crippen LogP contribution in [0.5, 0.6) is 5.75 Å². The van der Waals surface area contributed by atoms with Crippen molar-refractivity contribution in [2.75, 3.05) is 18.0 Å². The molecule has 0 amide bonds. The van der Waals surface area contributed by atoms with Crippen LogP contribution in [-0.4, -0.2) is 55.2 Å². The van der Waals surface area contributed by atoms with Crippen LogP contribution in [-0.2, 0) is 0 Å². The van der Waals surface area contributed by atoms with Crippen LogP contribution in [0.4, 0.5) is 5.69 Å². The molecule has 152 valence electrons. The number of fused-ring (bicyclic) bond motifs is 2. The molecule has 3 aromatic rings. The number of rotatable bonds is 3. The highest BCUT2D eigenvalue weighted by atomic mass is 16.5. The molecule has 4 heterocycles. The highest BCUT2D eigenvalue weighted by molar-refractivity contribution is 5.68. The molecule has 0 spiro atoms. The number of anilines is 1. The van der Waals surface area contributed by atoms with Crippen LogP contribution in [0.25, 0.3) is 5.65 Å². The Labute approximate surface area is 169 Å². The quantitative estimate of drug-likeness (QED) is 0.728. The van der Waals surface area contributed by atoms with E-state index in [2.05, 4.69) is 31.2 Å². The summed E-state index contributed by atoms with van der Waals surface area (Å²) in [5.74, 6) is 1.68. The Hall–Kier alpha value is -2.74. The number of aliphatic hydroxyl groups excluding tert-OH is 1. The van der Waals surface area contributed by atoms with Crippen molar-refractivity contribution in [3.63, 3.8) is 0 Å². The smallest absolute Gasteiger partial charge is 0.200 e. The Morgan fingerprint density at radius 2 is 1.86 bits per heavy atom. The van der Waals surface area contributed by atoms with Gasteiger partial charge in [-0.3, -0.25) is 4.98 Å². The van der Waals surface area contributed by atoms with E-state index in [0.29, 0.717) is 11.8 Å². The molecule has 2 fully saturated rings. The van der Waals surface area contributed by atoms with E-state index >= 15 is 0 Å². The molecule has 0 unspecified atom stereocenters. The number of hydrogen-bond acceptors (Lipinski definition) is 7. The van der Waals surface area contributed by atoms with E-state index in [1.807, 2.05) is 32.9 Å². The Bertz CT molecular complexity index is 1050. The zero-order valence-corrected chi connectivity index (χ0v) is 17.0. The first kappa shape index (κ1) is 18.3. The summed E-state index contributed by atoms with van der Waals surface area (Å²) in [6.07, 6.45) is 2.55. The second-order valence-corrected chi connectivity index (χ2v) is 8.43. The zero-order chi connectivity index (χ0) is 20.1. The van der Waals surface area contributed by atoms with Gasteiger partial charge in [-0.15, -0.1) is 10.2 Å². The van der Waals surface area contributed by atoms with Crippen molar-refractivity contribution in [1.82, 2.24) is 24.8 Å². The third kappa shape index (κ3) is 3.31. The van der Waals surface area contributed by atoms with Gasteiger partial charge in [-0.05, 0) is 63.6 Å². The number of aromatic nitrogens is 5. The van der Waals surface area contributed by atoms with E-state index in [-0.39, 0.29) is 6.10 Å². The molecule has 1 saturated heterocycles. The monoisotopic (exact) mass is 394 g/mol. The lowest BCUT2D eigenvalue weighted by molar-refractivity contribution is -0.0236. The average Bonchev–Trinajstić information content (AvgIpc) is 3.29. The molecule has 0 radical (unpaired) electrons. The zero-order valence-electron chi connectivity index (χ0n) is 17.0. The molecule has 8 heteroatoms.